The highest BCUT2D eigenvalue weighted by Crippen LogP contribution is 2.40. The molecule has 0 saturated carbocycles. The lowest BCUT2D eigenvalue weighted by atomic mass is 9.83. The van der Waals surface area contributed by atoms with E-state index in [0.717, 1.165) is 0 Å². The van der Waals surface area contributed by atoms with E-state index in [1.54, 1.807) is 19.9 Å². The van der Waals surface area contributed by atoms with Crippen molar-refractivity contribution in [2.24, 2.45) is 5.92 Å². The molecule has 0 spiro atoms. The van der Waals surface area contributed by atoms with Crippen molar-refractivity contribution >= 4 is 0 Å². The van der Waals surface area contributed by atoms with Gasteiger partial charge in [0.05, 0.1) is 24.9 Å². The summed E-state index contributed by atoms with van der Waals surface area (Å²) in [4.78, 5) is 0. The fraction of sp³-hybridized carbons (Fsp3) is 0.846. The second-order valence-corrected chi connectivity index (χ2v) is 5.49. The average molecular weight is 274 g/mol. The van der Waals surface area contributed by atoms with Crippen molar-refractivity contribution in [3.05, 3.63) is 12.7 Å². The molecule has 19 heavy (non-hydrogen) atoms. The largest absolute Gasteiger partial charge is 0.394 e. The average Bonchev–Trinajstić information content (AvgIpc) is 2.64. The zero-order valence-corrected chi connectivity index (χ0v) is 11.2. The topological polar surface area (TPSA) is 88.4 Å². The van der Waals surface area contributed by atoms with E-state index in [-0.39, 0.29) is 0 Å². The van der Waals surface area contributed by atoms with Gasteiger partial charge in [-0.3, -0.25) is 0 Å². The summed E-state index contributed by atoms with van der Waals surface area (Å²) in [6.45, 7) is 6.67. The molecule has 0 aromatic carbocycles. The van der Waals surface area contributed by atoms with Gasteiger partial charge in [0.2, 0.25) is 0 Å². The third-order valence-electron chi connectivity index (χ3n) is 3.59. The fourth-order valence-electron chi connectivity index (χ4n) is 2.77. The van der Waals surface area contributed by atoms with E-state index in [1.165, 1.54) is 0 Å². The lowest BCUT2D eigenvalue weighted by Gasteiger charge is -2.42. The van der Waals surface area contributed by atoms with Gasteiger partial charge in [-0.15, -0.1) is 6.58 Å². The minimum Gasteiger partial charge on any atom is -0.394 e. The Hall–Kier alpha value is -0.500. The summed E-state index contributed by atoms with van der Waals surface area (Å²) in [6.07, 6.45) is -1.74. The normalized spacial score (nSPS) is 42.7. The van der Waals surface area contributed by atoms with Crippen LogP contribution in [0.15, 0.2) is 12.7 Å². The first-order chi connectivity index (χ1) is 8.89. The highest BCUT2D eigenvalue weighted by atomic mass is 16.8. The molecule has 0 aromatic rings. The van der Waals surface area contributed by atoms with E-state index in [4.69, 9.17) is 19.3 Å². The van der Waals surface area contributed by atoms with Crippen molar-refractivity contribution in [2.75, 3.05) is 6.61 Å². The van der Waals surface area contributed by atoms with Crippen molar-refractivity contribution in [3.63, 3.8) is 0 Å². The number of rotatable bonds is 4. The second-order valence-electron chi connectivity index (χ2n) is 5.49. The van der Waals surface area contributed by atoms with Gasteiger partial charge in [0.15, 0.2) is 12.1 Å². The van der Waals surface area contributed by atoms with Gasteiger partial charge >= 0.3 is 0 Å². The number of aliphatic hydroxyl groups is 3. The number of aliphatic hydroxyl groups excluding tert-OH is 3. The quantitative estimate of drug-likeness (QED) is 0.614. The first kappa shape index (κ1) is 14.9. The van der Waals surface area contributed by atoms with Crippen LogP contribution in [0.5, 0.6) is 0 Å². The standard InChI is InChI=1S/C13H22O6/c1-4-5-8-9(7(15)6-14)10(16)11-12(17-8)19-13(2,3)18-11/h4,7-12,14-16H,1,5-6H2,2-3H3/t7?,8?,9-,10-,11-,12+/m0/s1. The number of ether oxygens (including phenoxy) is 3. The maximum atomic E-state index is 10.4. The number of hydrogen-bond acceptors (Lipinski definition) is 6. The van der Waals surface area contributed by atoms with E-state index in [1.807, 2.05) is 0 Å². The predicted molar refractivity (Wildman–Crippen MR) is 66.1 cm³/mol. The molecule has 2 aliphatic rings. The summed E-state index contributed by atoms with van der Waals surface area (Å²) < 4.78 is 16.9. The Bertz CT molecular complexity index is 331. The summed E-state index contributed by atoms with van der Waals surface area (Å²) in [6, 6.07) is 0. The van der Waals surface area contributed by atoms with Crippen LogP contribution in [0, 0.1) is 5.92 Å². The van der Waals surface area contributed by atoms with Crippen molar-refractivity contribution in [1.82, 2.24) is 0 Å². The van der Waals surface area contributed by atoms with Crippen LogP contribution in [0.1, 0.15) is 20.3 Å². The van der Waals surface area contributed by atoms with Gasteiger partial charge in [-0.25, -0.2) is 0 Å². The van der Waals surface area contributed by atoms with Crippen LogP contribution in [0.2, 0.25) is 0 Å². The molecule has 6 heteroatoms. The Morgan fingerprint density at radius 3 is 2.63 bits per heavy atom. The molecule has 2 rings (SSSR count). The summed E-state index contributed by atoms with van der Waals surface area (Å²) in [5.41, 5.74) is 0. The van der Waals surface area contributed by atoms with Gasteiger partial charge in [0.25, 0.3) is 0 Å². The molecule has 2 unspecified atom stereocenters. The van der Waals surface area contributed by atoms with Crippen molar-refractivity contribution in [3.8, 4) is 0 Å². The van der Waals surface area contributed by atoms with Crippen LogP contribution in [0.25, 0.3) is 0 Å². The predicted octanol–water partition coefficient (Wildman–Crippen LogP) is -0.231. The Balaban J connectivity index is 2.20. The molecule has 2 aliphatic heterocycles. The molecule has 0 amide bonds. The smallest absolute Gasteiger partial charge is 0.190 e. The van der Waals surface area contributed by atoms with Crippen molar-refractivity contribution < 1.29 is 29.5 Å². The van der Waals surface area contributed by atoms with Gasteiger partial charge in [0.1, 0.15) is 6.10 Å². The lowest BCUT2D eigenvalue weighted by molar-refractivity contribution is -0.249. The zero-order valence-electron chi connectivity index (χ0n) is 11.2. The molecular formula is C13H22O6. The first-order valence-electron chi connectivity index (χ1n) is 6.48. The molecule has 2 heterocycles. The second kappa shape index (κ2) is 5.47. The van der Waals surface area contributed by atoms with E-state index in [0.29, 0.717) is 6.42 Å². The van der Waals surface area contributed by atoms with Crippen LogP contribution in [0.4, 0.5) is 0 Å². The van der Waals surface area contributed by atoms with Gasteiger partial charge in [0, 0.05) is 5.92 Å². The Kier molecular flexibility index (Phi) is 4.29. The summed E-state index contributed by atoms with van der Waals surface area (Å²) in [7, 11) is 0. The first-order valence-corrected chi connectivity index (χ1v) is 6.48. The summed E-state index contributed by atoms with van der Waals surface area (Å²) in [5, 5.41) is 29.4. The van der Waals surface area contributed by atoms with E-state index >= 15 is 0 Å². The van der Waals surface area contributed by atoms with Crippen LogP contribution < -0.4 is 0 Å². The Morgan fingerprint density at radius 1 is 1.37 bits per heavy atom. The molecule has 0 aromatic heterocycles. The Labute approximate surface area is 112 Å². The summed E-state index contributed by atoms with van der Waals surface area (Å²) >= 11 is 0. The molecule has 3 N–H and O–H groups in total. The lowest BCUT2D eigenvalue weighted by Crippen LogP contribution is -2.57. The van der Waals surface area contributed by atoms with Crippen molar-refractivity contribution in [2.45, 2.75) is 56.8 Å². The third kappa shape index (κ3) is 2.84. The molecule has 0 bridgehead atoms. The van der Waals surface area contributed by atoms with Crippen LogP contribution >= 0.6 is 0 Å². The van der Waals surface area contributed by atoms with E-state index in [9.17, 15) is 10.2 Å². The molecule has 110 valence electrons. The third-order valence-corrected chi connectivity index (χ3v) is 3.59. The Morgan fingerprint density at radius 2 is 2.05 bits per heavy atom. The minimum absolute atomic E-state index is 0.444. The fourth-order valence-corrected chi connectivity index (χ4v) is 2.77. The maximum absolute atomic E-state index is 10.4. The highest BCUT2D eigenvalue weighted by molar-refractivity contribution is 4.98. The van der Waals surface area contributed by atoms with Crippen LogP contribution in [-0.4, -0.2) is 58.4 Å². The van der Waals surface area contributed by atoms with Gasteiger partial charge in [-0.05, 0) is 20.3 Å². The number of hydrogen-bond donors (Lipinski definition) is 3. The van der Waals surface area contributed by atoms with Crippen molar-refractivity contribution in [1.29, 1.82) is 0 Å². The molecule has 0 radical (unpaired) electrons. The van der Waals surface area contributed by atoms with Gasteiger partial charge < -0.3 is 29.5 Å². The van der Waals surface area contributed by atoms with Crippen LogP contribution in [0.3, 0.4) is 0 Å². The van der Waals surface area contributed by atoms with Gasteiger partial charge in [-0.2, -0.15) is 0 Å². The van der Waals surface area contributed by atoms with Crippen LogP contribution in [-0.2, 0) is 14.2 Å². The molecule has 2 saturated heterocycles. The molecule has 6 atom stereocenters. The van der Waals surface area contributed by atoms with Gasteiger partial charge in [-0.1, -0.05) is 6.08 Å². The molecular weight excluding hydrogens is 252 g/mol. The molecule has 6 nitrogen and oxygen atoms in total. The minimum atomic E-state index is -1.08. The molecule has 0 aliphatic carbocycles. The van der Waals surface area contributed by atoms with E-state index in [2.05, 4.69) is 6.58 Å². The SMILES string of the molecule is C=CCC1O[C@@H]2OC(C)(C)O[C@H]2[C@@H](O)[C@H]1C(O)CO. The molecule has 2 fully saturated rings. The monoisotopic (exact) mass is 274 g/mol. The number of fused-ring (bicyclic) bond motifs is 1. The zero-order chi connectivity index (χ0) is 14.2. The van der Waals surface area contributed by atoms with E-state index < -0.39 is 49.0 Å². The highest BCUT2D eigenvalue weighted by Gasteiger charge is 2.55. The maximum Gasteiger partial charge on any atom is 0.190 e. The summed E-state index contributed by atoms with van der Waals surface area (Å²) in [5.74, 6) is -1.48.